The van der Waals surface area contributed by atoms with Crippen LogP contribution in [-0.4, -0.2) is 36.7 Å². The number of hydrogen-bond donors (Lipinski definition) is 2. The van der Waals surface area contributed by atoms with Crippen LogP contribution in [0.15, 0.2) is 70.3 Å². The zero-order chi connectivity index (χ0) is 22.4. The number of carbonyl (C=O) groups excluding carboxylic acids is 2. The van der Waals surface area contributed by atoms with Crippen molar-refractivity contribution in [2.75, 3.05) is 19.5 Å². The third-order valence-corrected chi connectivity index (χ3v) is 5.06. The molecule has 8 heteroatoms. The van der Waals surface area contributed by atoms with Crippen molar-refractivity contribution in [2.45, 2.75) is 6.42 Å². The summed E-state index contributed by atoms with van der Waals surface area (Å²) in [5.74, 6) is 0.367. The van der Waals surface area contributed by atoms with Crippen LogP contribution < -0.4 is 15.8 Å². The standard InChI is InChI=1S/C23H21BrN4O3/c1-26-22(25)14-3-5-15(6-4-14)23(30)28-20-10-9-18(31-2)12-19(20)21(29)11-17-8-7-16(24)13-27-17/h3-10,12-13H,11H2,1-2H3,(H2,25,26)(H,28,30). The van der Waals surface area contributed by atoms with Crippen molar-refractivity contribution in [3.63, 3.8) is 0 Å². The maximum absolute atomic E-state index is 13.0. The molecule has 0 aliphatic rings. The molecular formula is C23H21BrN4O3. The molecule has 0 saturated carbocycles. The van der Waals surface area contributed by atoms with Crippen molar-refractivity contribution in [3.05, 3.63) is 87.7 Å². The Kier molecular flexibility index (Phi) is 7.15. The van der Waals surface area contributed by atoms with Crippen molar-refractivity contribution >= 4 is 39.1 Å². The van der Waals surface area contributed by atoms with Gasteiger partial charge in [0.25, 0.3) is 5.91 Å². The molecule has 0 atom stereocenters. The molecule has 0 unspecified atom stereocenters. The number of ether oxygens (including phenoxy) is 1. The summed E-state index contributed by atoms with van der Waals surface area (Å²) in [6.45, 7) is 0. The van der Waals surface area contributed by atoms with Crippen LogP contribution in [0.3, 0.4) is 0 Å². The molecule has 0 aliphatic heterocycles. The number of benzene rings is 2. The maximum Gasteiger partial charge on any atom is 0.255 e. The Labute approximate surface area is 188 Å². The second-order valence-corrected chi connectivity index (χ2v) is 7.54. The number of anilines is 1. The molecule has 31 heavy (non-hydrogen) atoms. The number of aliphatic imine (C=N–C) groups is 1. The molecule has 0 fully saturated rings. The van der Waals surface area contributed by atoms with Gasteiger partial charge in [-0.3, -0.25) is 19.6 Å². The van der Waals surface area contributed by atoms with E-state index in [-0.39, 0.29) is 18.1 Å². The fraction of sp³-hybridized carbons (Fsp3) is 0.130. The van der Waals surface area contributed by atoms with Crippen LogP contribution in [0.2, 0.25) is 0 Å². The number of ketones is 1. The number of halogens is 1. The Morgan fingerprint density at radius 3 is 2.42 bits per heavy atom. The van der Waals surface area contributed by atoms with Gasteiger partial charge in [-0.25, -0.2) is 0 Å². The number of hydrogen-bond acceptors (Lipinski definition) is 5. The van der Waals surface area contributed by atoms with Gasteiger partial charge in [0, 0.05) is 40.1 Å². The SMILES string of the molecule is CN=C(N)c1ccc(C(=O)Nc2ccc(OC)cc2C(=O)Cc2ccc(Br)cn2)cc1. The lowest BCUT2D eigenvalue weighted by Gasteiger charge is -2.12. The number of nitrogens with one attached hydrogen (secondary N) is 1. The van der Waals surface area contributed by atoms with Gasteiger partial charge in [-0.05, 0) is 58.4 Å². The third-order valence-electron chi connectivity index (χ3n) is 4.59. The Balaban J connectivity index is 1.84. The summed E-state index contributed by atoms with van der Waals surface area (Å²) < 4.78 is 6.08. The van der Waals surface area contributed by atoms with Gasteiger partial charge in [0.05, 0.1) is 19.2 Å². The van der Waals surface area contributed by atoms with E-state index in [1.54, 1.807) is 61.8 Å². The average Bonchev–Trinajstić information content (AvgIpc) is 2.80. The highest BCUT2D eigenvalue weighted by Gasteiger charge is 2.17. The third kappa shape index (κ3) is 5.55. The van der Waals surface area contributed by atoms with Crippen molar-refractivity contribution < 1.29 is 14.3 Å². The molecule has 0 saturated heterocycles. The van der Waals surface area contributed by atoms with Gasteiger partial charge in [-0.15, -0.1) is 0 Å². The molecule has 0 spiro atoms. The van der Waals surface area contributed by atoms with Gasteiger partial charge < -0.3 is 15.8 Å². The van der Waals surface area contributed by atoms with E-state index < -0.39 is 0 Å². The molecule has 1 amide bonds. The van der Waals surface area contributed by atoms with Crippen LogP contribution in [0.5, 0.6) is 5.75 Å². The Morgan fingerprint density at radius 2 is 1.81 bits per heavy atom. The number of nitrogens with two attached hydrogens (primary N) is 1. The quantitative estimate of drug-likeness (QED) is 0.303. The van der Waals surface area contributed by atoms with Crippen LogP contribution in [0.4, 0.5) is 5.69 Å². The molecule has 2 aromatic carbocycles. The first kappa shape index (κ1) is 22.2. The minimum atomic E-state index is -0.348. The largest absolute Gasteiger partial charge is 0.497 e. The second-order valence-electron chi connectivity index (χ2n) is 6.62. The molecule has 158 valence electrons. The van der Waals surface area contributed by atoms with Crippen LogP contribution in [0.1, 0.15) is 32.0 Å². The van der Waals surface area contributed by atoms with E-state index in [1.807, 2.05) is 6.07 Å². The number of aromatic nitrogens is 1. The number of amidine groups is 1. The first-order chi connectivity index (χ1) is 14.9. The smallest absolute Gasteiger partial charge is 0.255 e. The normalized spacial score (nSPS) is 11.1. The number of amides is 1. The van der Waals surface area contributed by atoms with Gasteiger partial charge in [0.15, 0.2) is 5.78 Å². The summed E-state index contributed by atoms with van der Waals surface area (Å²) in [5, 5.41) is 2.81. The predicted molar refractivity (Wildman–Crippen MR) is 124 cm³/mol. The van der Waals surface area contributed by atoms with E-state index in [2.05, 4.69) is 31.2 Å². The predicted octanol–water partition coefficient (Wildman–Crippen LogP) is 3.87. The summed E-state index contributed by atoms with van der Waals surface area (Å²) in [4.78, 5) is 33.9. The van der Waals surface area contributed by atoms with Gasteiger partial charge in [-0.1, -0.05) is 12.1 Å². The van der Waals surface area contributed by atoms with Gasteiger partial charge in [0.1, 0.15) is 11.6 Å². The van der Waals surface area contributed by atoms with Crippen molar-refractivity contribution in [1.82, 2.24) is 4.98 Å². The number of rotatable bonds is 7. The lowest BCUT2D eigenvalue weighted by Crippen LogP contribution is -2.17. The van der Waals surface area contributed by atoms with E-state index in [0.29, 0.717) is 34.1 Å². The summed E-state index contributed by atoms with van der Waals surface area (Å²) in [5.41, 5.74) is 8.30. The number of nitrogens with zero attached hydrogens (tertiary/aromatic N) is 2. The van der Waals surface area contributed by atoms with E-state index in [4.69, 9.17) is 10.5 Å². The summed E-state index contributed by atoms with van der Waals surface area (Å²) in [6.07, 6.45) is 1.73. The molecule has 0 aliphatic carbocycles. The molecule has 0 bridgehead atoms. The lowest BCUT2D eigenvalue weighted by atomic mass is 10.0. The molecule has 7 nitrogen and oxygen atoms in total. The second kappa shape index (κ2) is 9.99. The molecule has 0 radical (unpaired) electrons. The average molecular weight is 481 g/mol. The number of Topliss-reactive ketones (excluding diaryl/α,β-unsaturated/α-hetero) is 1. The number of carbonyl (C=O) groups is 2. The van der Waals surface area contributed by atoms with E-state index in [0.717, 1.165) is 10.0 Å². The molecular weight excluding hydrogens is 460 g/mol. The monoisotopic (exact) mass is 480 g/mol. The van der Waals surface area contributed by atoms with Crippen molar-refractivity contribution in [3.8, 4) is 5.75 Å². The fourth-order valence-electron chi connectivity index (χ4n) is 2.88. The fourth-order valence-corrected chi connectivity index (χ4v) is 3.11. The molecule has 3 aromatic rings. The molecule has 1 heterocycles. The number of methoxy groups -OCH3 is 1. The first-order valence-electron chi connectivity index (χ1n) is 9.37. The Morgan fingerprint density at radius 1 is 1.10 bits per heavy atom. The highest BCUT2D eigenvalue weighted by Crippen LogP contribution is 2.24. The zero-order valence-corrected chi connectivity index (χ0v) is 18.6. The first-order valence-corrected chi connectivity index (χ1v) is 10.2. The number of pyridine rings is 1. The topological polar surface area (TPSA) is 107 Å². The summed E-state index contributed by atoms with van der Waals surface area (Å²) >= 11 is 3.33. The van der Waals surface area contributed by atoms with E-state index in [1.165, 1.54) is 7.11 Å². The van der Waals surface area contributed by atoms with E-state index >= 15 is 0 Å². The van der Waals surface area contributed by atoms with Crippen LogP contribution in [0, 0.1) is 0 Å². The Bertz CT molecular complexity index is 1130. The minimum Gasteiger partial charge on any atom is -0.497 e. The molecule has 3 N–H and O–H groups in total. The highest BCUT2D eigenvalue weighted by molar-refractivity contribution is 9.10. The van der Waals surface area contributed by atoms with Crippen molar-refractivity contribution in [2.24, 2.45) is 10.7 Å². The van der Waals surface area contributed by atoms with Gasteiger partial charge in [-0.2, -0.15) is 0 Å². The highest BCUT2D eigenvalue weighted by atomic mass is 79.9. The molecule has 3 rings (SSSR count). The van der Waals surface area contributed by atoms with Crippen LogP contribution in [0.25, 0.3) is 0 Å². The van der Waals surface area contributed by atoms with E-state index in [9.17, 15) is 9.59 Å². The minimum absolute atomic E-state index is 0.0909. The molecule has 1 aromatic heterocycles. The van der Waals surface area contributed by atoms with Crippen LogP contribution >= 0.6 is 15.9 Å². The van der Waals surface area contributed by atoms with Gasteiger partial charge >= 0.3 is 0 Å². The lowest BCUT2D eigenvalue weighted by molar-refractivity contribution is 0.0992. The maximum atomic E-state index is 13.0. The zero-order valence-electron chi connectivity index (χ0n) is 17.1. The van der Waals surface area contributed by atoms with Crippen LogP contribution in [-0.2, 0) is 6.42 Å². The van der Waals surface area contributed by atoms with Crippen molar-refractivity contribution in [1.29, 1.82) is 0 Å². The summed E-state index contributed by atoms with van der Waals surface area (Å²) in [6, 6.07) is 15.3. The van der Waals surface area contributed by atoms with Gasteiger partial charge in [0.2, 0.25) is 0 Å². The summed E-state index contributed by atoms with van der Waals surface area (Å²) in [7, 11) is 3.12. The Hall–Kier alpha value is -3.52.